The van der Waals surface area contributed by atoms with Crippen molar-refractivity contribution in [3.05, 3.63) is 0 Å². The average Bonchev–Trinajstić information content (AvgIpc) is 2.05. The highest BCUT2D eigenvalue weighted by molar-refractivity contribution is 5.69. The Hall–Kier alpha value is -0.570. The summed E-state index contributed by atoms with van der Waals surface area (Å²) in [4.78, 5) is 10.8. The number of rotatable bonds is 7. The van der Waals surface area contributed by atoms with E-state index in [0.29, 0.717) is 13.0 Å². The van der Waals surface area contributed by atoms with Crippen LogP contribution in [0.2, 0.25) is 0 Å². The van der Waals surface area contributed by atoms with E-state index in [0.717, 1.165) is 25.9 Å². The zero-order chi connectivity index (χ0) is 9.23. The third-order valence-corrected chi connectivity index (χ3v) is 1.46. The van der Waals surface area contributed by atoms with Gasteiger partial charge in [-0.1, -0.05) is 6.92 Å². The third-order valence-electron chi connectivity index (χ3n) is 1.46. The molecule has 0 aliphatic rings. The van der Waals surface area contributed by atoms with Crippen molar-refractivity contribution < 1.29 is 14.3 Å². The van der Waals surface area contributed by atoms with Crippen LogP contribution in [0.5, 0.6) is 0 Å². The lowest BCUT2D eigenvalue weighted by Gasteiger charge is -2.02. The highest BCUT2D eigenvalue weighted by Crippen LogP contribution is 1.95. The van der Waals surface area contributed by atoms with E-state index >= 15 is 0 Å². The monoisotopic (exact) mass is 174 g/mol. The van der Waals surface area contributed by atoms with E-state index in [-0.39, 0.29) is 5.97 Å². The minimum Gasteiger partial charge on any atom is -0.466 e. The van der Waals surface area contributed by atoms with Crippen molar-refractivity contribution in [3.8, 4) is 0 Å². The number of ether oxygens (including phenoxy) is 2. The minimum absolute atomic E-state index is 0.0880. The summed E-state index contributed by atoms with van der Waals surface area (Å²) in [5, 5.41) is 0. The molecule has 0 heterocycles. The molecule has 12 heavy (non-hydrogen) atoms. The first-order valence-corrected chi connectivity index (χ1v) is 4.45. The molecule has 0 N–H and O–H groups in total. The van der Waals surface area contributed by atoms with Crippen LogP contribution in [-0.2, 0) is 14.3 Å². The van der Waals surface area contributed by atoms with Gasteiger partial charge in [-0.25, -0.2) is 0 Å². The molecule has 3 nitrogen and oxygen atoms in total. The van der Waals surface area contributed by atoms with Crippen LogP contribution in [0.1, 0.15) is 32.6 Å². The average molecular weight is 174 g/mol. The van der Waals surface area contributed by atoms with Gasteiger partial charge in [-0.3, -0.25) is 4.79 Å². The number of esters is 1. The lowest BCUT2D eigenvalue weighted by Crippen LogP contribution is -2.05. The molecule has 0 aromatic carbocycles. The number of unbranched alkanes of at least 4 members (excludes halogenated alkanes) is 1. The molecule has 0 fully saturated rings. The second-order valence-corrected chi connectivity index (χ2v) is 2.67. The predicted molar refractivity (Wildman–Crippen MR) is 47.0 cm³/mol. The lowest BCUT2D eigenvalue weighted by molar-refractivity contribution is -0.143. The third kappa shape index (κ3) is 7.54. The van der Waals surface area contributed by atoms with Crippen molar-refractivity contribution in [1.29, 1.82) is 0 Å². The lowest BCUT2D eigenvalue weighted by atomic mass is 10.3. The number of methoxy groups -OCH3 is 1. The summed E-state index contributed by atoms with van der Waals surface area (Å²) in [6.45, 7) is 3.24. The molecule has 0 saturated heterocycles. The van der Waals surface area contributed by atoms with Gasteiger partial charge >= 0.3 is 5.97 Å². The molecule has 72 valence electrons. The minimum atomic E-state index is -0.0880. The van der Waals surface area contributed by atoms with Crippen molar-refractivity contribution in [2.75, 3.05) is 20.3 Å². The molecular formula is C9H18O3. The fourth-order valence-corrected chi connectivity index (χ4v) is 0.811. The molecule has 0 aliphatic carbocycles. The highest BCUT2D eigenvalue weighted by atomic mass is 16.5. The van der Waals surface area contributed by atoms with Gasteiger partial charge in [0.1, 0.15) is 0 Å². The van der Waals surface area contributed by atoms with Gasteiger partial charge < -0.3 is 9.47 Å². The van der Waals surface area contributed by atoms with Crippen LogP contribution >= 0.6 is 0 Å². The molecule has 0 amide bonds. The first-order chi connectivity index (χ1) is 5.81. The van der Waals surface area contributed by atoms with Gasteiger partial charge in [-0.15, -0.1) is 0 Å². The zero-order valence-corrected chi connectivity index (χ0v) is 7.97. The number of hydrogen-bond acceptors (Lipinski definition) is 3. The molecule has 0 aliphatic heterocycles. The van der Waals surface area contributed by atoms with E-state index in [2.05, 4.69) is 0 Å². The summed E-state index contributed by atoms with van der Waals surface area (Å²) in [6.07, 6.45) is 3.24. The Kier molecular flexibility index (Phi) is 8.12. The normalized spacial score (nSPS) is 9.83. The van der Waals surface area contributed by atoms with Crippen molar-refractivity contribution in [2.24, 2.45) is 0 Å². The first-order valence-electron chi connectivity index (χ1n) is 4.45. The fraction of sp³-hybridized carbons (Fsp3) is 0.889. The Bertz CT molecular complexity index is 112. The standard InChI is InChI=1S/C9H18O3/c1-3-6-9(10)12-8-5-4-7-11-2/h3-8H2,1-2H3. The second-order valence-electron chi connectivity index (χ2n) is 2.67. The quantitative estimate of drug-likeness (QED) is 0.436. The van der Waals surface area contributed by atoms with Gasteiger partial charge in [0, 0.05) is 20.1 Å². The molecule has 0 saturated carbocycles. The van der Waals surface area contributed by atoms with E-state index in [9.17, 15) is 4.79 Å². The van der Waals surface area contributed by atoms with Crippen LogP contribution < -0.4 is 0 Å². The van der Waals surface area contributed by atoms with Crippen LogP contribution in [0.3, 0.4) is 0 Å². The first kappa shape index (κ1) is 11.4. The Balaban J connectivity index is 3.03. The van der Waals surface area contributed by atoms with Gasteiger partial charge in [0.25, 0.3) is 0 Å². The summed E-state index contributed by atoms with van der Waals surface area (Å²) < 4.78 is 9.79. The molecule has 0 rings (SSSR count). The van der Waals surface area contributed by atoms with Crippen LogP contribution in [0.15, 0.2) is 0 Å². The molecule has 0 atom stereocenters. The van der Waals surface area contributed by atoms with Crippen molar-refractivity contribution >= 4 is 5.97 Å². The summed E-state index contributed by atoms with van der Waals surface area (Å²) in [6, 6.07) is 0. The van der Waals surface area contributed by atoms with Crippen LogP contribution in [-0.4, -0.2) is 26.3 Å². The fourth-order valence-electron chi connectivity index (χ4n) is 0.811. The molecule has 0 aromatic heterocycles. The molecule has 0 radical (unpaired) electrons. The largest absolute Gasteiger partial charge is 0.466 e. The Morgan fingerprint density at radius 1 is 1.25 bits per heavy atom. The maximum Gasteiger partial charge on any atom is 0.305 e. The molecule has 3 heteroatoms. The van der Waals surface area contributed by atoms with Gasteiger partial charge in [0.05, 0.1) is 6.61 Å². The van der Waals surface area contributed by atoms with E-state index in [4.69, 9.17) is 9.47 Å². The molecule has 0 bridgehead atoms. The number of carbonyl (C=O) groups excluding carboxylic acids is 1. The molecule has 0 aromatic rings. The van der Waals surface area contributed by atoms with Gasteiger partial charge in [0.15, 0.2) is 0 Å². The number of carbonyl (C=O) groups is 1. The summed E-state index contributed by atoms with van der Waals surface area (Å²) in [5.74, 6) is -0.0880. The predicted octanol–water partition coefficient (Wildman–Crippen LogP) is 1.76. The smallest absolute Gasteiger partial charge is 0.305 e. The topological polar surface area (TPSA) is 35.5 Å². The molecule has 0 unspecified atom stereocenters. The maximum absolute atomic E-state index is 10.8. The van der Waals surface area contributed by atoms with Crippen molar-refractivity contribution in [2.45, 2.75) is 32.6 Å². The maximum atomic E-state index is 10.8. The summed E-state index contributed by atoms with van der Waals surface area (Å²) >= 11 is 0. The van der Waals surface area contributed by atoms with Crippen LogP contribution in [0.25, 0.3) is 0 Å². The van der Waals surface area contributed by atoms with Crippen molar-refractivity contribution in [3.63, 3.8) is 0 Å². The van der Waals surface area contributed by atoms with E-state index in [1.54, 1.807) is 7.11 Å². The Morgan fingerprint density at radius 3 is 2.50 bits per heavy atom. The van der Waals surface area contributed by atoms with Crippen molar-refractivity contribution in [1.82, 2.24) is 0 Å². The summed E-state index contributed by atoms with van der Waals surface area (Å²) in [5.41, 5.74) is 0. The Labute approximate surface area is 74.0 Å². The molecule has 0 spiro atoms. The Morgan fingerprint density at radius 2 is 1.92 bits per heavy atom. The van der Waals surface area contributed by atoms with Gasteiger partial charge in [-0.05, 0) is 19.3 Å². The second kappa shape index (κ2) is 8.53. The van der Waals surface area contributed by atoms with Gasteiger partial charge in [-0.2, -0.15) is 0 Å². The highest BCUT2D eigenvalue weighted by Gasteiger charge is 1.98. The summed E-state index contributed by atoms with van der Waals surface area (Å²) in [7, 11) is 1.67. The number of hydrogen-bond donors (Lipinski definition) is 0. The SMILES string of the molecule is CCCC(=O)OCCCCOC. The van der Waals surface area contributed by atoms with E-state index in [1.807, 2.05) is 6.92 Å². The zero-order valence-electron chi connectivity index (χ0n) is 7.97. The van der Waals surface area contributed by atoms with Crippen LogP contribution in [0, 0.1) is 0 Å². The van der Waals surface area contributed by atoms with Crippen LogP contribution in [0.4, 0.5) is 0 Å². The van der Waals surface area contributed by atoms with E-state index in [1.165, 1.54) is 0 Å². The molecular weight excluding hydrogens is 156 g/mol. The van der Waals surface area contributed by atoms with Gasteiger partial charge in [0.2, 0.25) is 0 Å². The van der Waals surface area contributed by atoms with E-state index < -0.39 is 0 Å².